The van der Waals surface area contributed by atoms with Crippen LogP contribution < -0.4 is 15.0 Å². The zero-order valence-electron chi connectivity index (χ0n) is 16.1. The lowest BCUT2D eigenvalue weighted by molar-refractivity contribution is -0.579. The highest BCUT2D eigenvalue weighted by Gasteiger charge is 2.22. The number of benzene rings is 2. The molecule has 4 aromatic rings. The Labute approximate surface area is 174 Å². The summed E-state index contributed by atoms with van der Waals surface area (Å²) in [4.78, 5) is 17.1. The largest absolute Gasteiger partial charge is 0.867 e. The summed E-state index contributed by atoms with van der Waals surface area (Å²) in [6, 6.07) is 25.4. The van der Waals surface area contributed by atoms with Gasteiger partial charge in [-0.05, 0) is 46.7 Å². The molecule has 0 spiro atoms. The van der Waals surface area contributed by atoms with Crippen molar-refractivity contribution in [3.05, 3.63) is 115 Å². The van der Waals surface area contributed by atoms with Crippen molar-refractivity contribution in [2.75, 3.05) is 5.32 Å². The number of nitrogens with zero attached hydrogens (tertiary/aromatic N) is 2. The van der Waals surface area contributed by atoms with Crippen LogP contribution in [-0.2, 0) is 4.79 Å². The average molecular weight is 393 g/mol. The van der Waals surface area contributed by atoms with Crippen molar-refractivity contribution in [1.82, 2.24) is 4.98 Å². The molecule has 1 amide bonds. The van der Waals surface area contributed by atoms with Gasteiger partial charge >= 0.3 is 5.91 Å². The van der Waals surface area contributed by atoms with Gasteiger partial charge in [-0.15, -0.1) is 0 Å². The first-order valence-electron chi connectivity index (χ1n) is 9.47. The Morgan fingerprint density at radius 3 is 1.97 bits per heavy atom. The molecule has 30 heavy (non-hydrogen) atoms. The number of nitrogens with one attached hydrogen (secondary N) is 1. The maximum Gasteiger partial charge on any atom is 0.320 e. The number of para-hydroxylation sites is 1. The van der Waals surface area contributed by atoms with Crippen molar-refractivity contribution >= 4 is 23.1 Å². The van der Waals surface area contributed by atoms with Gasteiger partial charge in [0, 0.05) is 30.2 Å². The van der Waals surface area contributed by atoms with Crippen LogP contribution in [0.1, 0.15) is 5.56 Å². The monoisotopic (exact) mass is 393 g/mol. The summed E-state index contributed by atoms with van der Waals surface area (Å²) in [5, 5.41) is 16.0. The summed E-state index contributed by atoms with van der Waals surface area (Å²) in [6.07, 6.45) is 6.88. The molecular formula is C25H19N3O2. The molecule has 0 unspecified atom stereocenters. The summed E-state index contributed by atoms with van der Waals surface area (Å²) in [7, 11) is 0. The van der Waals surface area contributed by atoms with Gasteiger partial charge in [-0.3, -0.25) is 9.78 Å². The van der Waals surface area contributed by atoms with Gasteiger partial charge in [0.25, 0.3) is 5.70 Å². The second-order valence-electron chi connectivity index (χ2n) is 6.59. The number of anilines is 1. The molecule has 0 radical (unpaired) electrons. The van der Waals surface area contributed by atoms with Crippen molar-refractivity contribution < 1.29 is 14.5 Å². The number of rotatable bonds is 5. The molecule has 1 N–H and O–H groups in total. The molecule has 0 bridgehead atoms. The van der Waals surface area contributed by atoms with E-state index in [4.69, 9.17) is 0 Å². The molecule has 0 atom stereocenters. The van der Waals surface area contributed by atoms with E-state index in [1.807, 2.05) is 48.5 Å². The topological polar surface area (TPSA) is 68.9 Å². The zero-order valence-corrected chi connectivity index (χ0v) is 16.1. The minimum Gasteiger partial charge on any atom is -0.867 e. The summed E-state index contributed by atoms with van der Waals surface area (Å²) >= 11 is 0. The molecule has 0 aliphatic heterocycles. The van der Waals surface area contributed by atoms with Crippen LogP contribution >= 0.6 is 0 Å². The lowest BCUT2D eigenvalue weighted by Gasteiger charge is -2.15. The second-order valence-corrected chi connectivity index (χ2v) is 6.59. The van der Waals surface area contributed by atoms with Crippen LogP contribution in [0.25, 0.3) is 22.6 Å². The van der Waals surface area contributed by atoms with Crippen molar-refractivity contribution in [3.63, 3.8) is 0 Å². The predicted octanol–water partition coefficient (Wildman–Crippen LogP) is 3.36. The number of carbonyl (C=O) groups is 1. The van der Waals surface area contributed by atoms with E-state index in [9.17, 15) is 9.90 Å². The minimum absolute atomic E-state index is 0.0198. The molecule has 2 aromatic heterocycles. The molecule has 4 rings (SSSR count). The number of aromatic nitrogens is 2. The summed E-state index contributed by atoms with van der Waals surface area (Å²) in [6.45, 7) is 0. The molecule has 5 nitrogen and oxygen atoms in total. The van der Waals surface area contributed by atoms with Crippen LogP contribution in [0.5, 0.6) is 0 Å². The summed E-state index contributed by atoms with van der Waals surface area (Å²) in [5.74, 6) is -0.831. The van der Waals surface area contributed by atoms with Gasteiger partial charge in [-0.25, -0.2) is 0 Å². The quantitative estimate of drug-likeness (QED) is 0.321. The van der Waals surface area contributed by atoms with E-state index >= 15 is 0 Å². The van der Waals surface area contributed by atoms with E-state index in [-0.39, 0.29) is 11.5 Å². The normalized spacial score (nSPS) is 11.5. The molecule has 146 valence electrons. The Morgan fingerprint density at radius 2 is 1.33 bits per heavy atom. The molecular weight excluding hydrogens is 374 g/mol. The number of hydrogen-bond donors (Lipinski definition) is 1. The molecule has 0 aliphatic rings. The number of hydrogen-bond acceptors (Lipinski definition) is 3. The molecule has 0 fully saturated rings. The highest BCUT2D eigenvalue weighted by molar-refractivity contribution is 6.22. The number of carbonyl (C=O) groups excluding carboxylic acids is 1. The van der Waals surface area contributed by atoms with Gasteiger partial charge < -0.3 is 10.4 Å². The molecule has 0 aliphatic carbocycles. The van der Waals surface area contributed by atoms with Gasteiger partial charge in [-0.2, -0.15) is 4.57 Å². The third-order valence-corrected chi connectivity index (χ3v) is 4.60. The zero-order chi connectivity index (χ0) is 20.8. The predicted molar refractivity (Wildman–Crippen MR) is 114 cm³/mol. The Kier molecular flexibility index (Phi) is 5.62. The number of pyridine rings is 2. The van der Waals surface area contributed by atoms with Gasteiger partial charge in [0.05, 0.1) is 0 Å². The molecule has 5 heteroatoms. The molecule has 2 aromatic carbocycles. The van der Waals surface area contributed by atoms with Crippen LogP contribution in [0.15, 0.2) is 110 Å². The van der Waals surface area contributed by atoms with Gasteiger partial charge in [-0.1, -0.05) is 48.5 Å². The van der Waals surface area contributed by atoms with E-state index < -0.39 is 5.91 Å². The van der Waals surface area contributed by atoms with Crippen molar-refractivity contribution in [2.24, 2.45) is 0 Å². The Bertz CT molecular complexity index is 1160. The molecule has 2 heterocycles. The van der Waals surface area contributed by atoms with Crippen molar-refractivity contribution in [2.45, 2.75) is 0 Å². The first kappa shape index (κ1) is 19.1. The van der Waals surface area contributed by atoms with E-state index in [0.29, 0.717) is 11.3 Å². The first-order valence-corrected chi connectivity index (χ1v) is 9.47. The second kappa shape index (κ2) is 8.84. The Balaban J connectivity index is 1.74. The summed E-state index contributed by atoms with van der Waals surface area (Å²) < 4.78 is 1.55. The van der Waals surface area contributed by atoms with E-state index in [2.05, 4.69) is 10.3 Å². The summed E-state index contributed by atoms with van der Waals surface area (Å²) in [5.41, 5.74) is 3.05. The van der Waals surface area contributed by atoms with Crippen molar-refractivity contribution in [3.8, 4) is 11.1 Å². The van der Waals surface area contributed by atoms with E-state index in [1.54, 1.807) is 65.8 Å². The van der Waals surface area contributed by atoms with Crippen LogP contribution in [0.3, 0.4) is 0 Å². The van der Waals surface area contributed by atoms with Gasteiger partial charge in [0.2, 0.25) is 0 Å². The highest BCUT2D eigenvalue weighted by atomic mass is 16.3. The lowest BCUT2D eigenvalue weighted by atomic mass is 10.1. The van der Waals surface area contributed by atoms with Crippen LogP contribution in [0, 0.1) is 0 Å². The smallest absolute Gasteiger partial charge is 0.320 e. The minimum atomic E-state index is -0.475. The SMILES string of the molecule is O=C(Nc1ccccc1)/C(=C(\[O-])c1ccccc1)[n+]1ccc(-c2ccncc2)cc1. The maximum atomic E-state index is 13.2. The van der Waals surface area contributed by atoms with Gasteiger partial charge in [0.15, 0.2) is 12.4 Å². The molecule has 0 saturated carbocycles. The molecule has 0 saturated heterocycles. The lowest BCUT2D eigenvalue weighted by Crippen LogP contribution is -2.40. The fourth-order valence-corrected chi connectivity index (χ4v) is 3.09. The van der Waals surface area contributed by atoms with Crippen LogP contribution in [-0.4, -0.2) is 10.9 Å². The fourth-order valence-electron chi connectivity index (χ4n) is 3.09. The van der Waals surface area contributed by atoms with Crippen LogP contribution in [0.4, 0.5) is 5.69 Å². The number of amides is 1. The third kappa shape index (κ3) is 4.25. The average Bonchev–Trinajstić information content (AvgIpc) is 2.81. The van der Waals surface area contributed by atoms with Crippen molar-refractivity contribution in [1.29, 1.82) is 0 Å². The van der Waals surface area contributed by atoms with E-state index in [1.165, 1.54) is 0 Å². The Hall–Kier alpha value is -4.25. The highest BCUT2D eigenvalue weighted by Crippen LogP contribution is 2.19. The van der Waals surface area contributed by atoms with Crippen LogP contribution in [0.2, 0.25) is 0 Å². The standard InChI is InChI=1S/C25H19N3O2/c29-24(21-7-3-1-4-8-21)23(25(30)27-22-9-5-2-6-10-22)28-17-13-20(14-18-28)19-11-15-26-16-12-19/h1-18H,(H-,26,27,29,30). The maximum absolute atomic E-state index is 13.2. The fraction of sp³-hybridized carbons (Fsp3) is 0. The van der Waals surface area contributed by atoms with E-state index in [0.717, 1.165) is 11.1 Å². The Morgan fingerprint density at radius 1 is 0.767 bits per heavy atom. The van der Waals surface area contributed by atoms with Gasteiger partial charge in [0.1, 0.15) is 0 Å². The first-order chi connectivity index (χ1) is 14.7. The third-order valence-electron chi connectivity index (χ3n) is 4.60.